The summed E-state index contributed by atoms with van der Waals surface area (Å²) >= 11 is 14.7. The summed E-state index contributed by atoms with van der Waals surface area (Å²) in [5, 5.41) is 20.0. The van der Waals surface area contributed by atoms with Crippen LogP contribution in [0.1, 0.15) is 55.2 Å². The van der Waals surface area contributed by atoms with E-state index in [4.69, 9.17) is 37.4 Å². The summed E-state index contributed by atoms with van der Waals surface area (Å²) in [5.41, 5.74) is 0.889. The second-order valence-corrected chi connectivity index (χ2v) is 13.4. The van der Waals surface area contributed by atoms with Crippen LogP contribution in [0.25, 0.3) is 11.3 Å². The Morgan fingerprint density at radius 3 is 2.02 bits per heavy atom. The highest BCUT2D eigenvalue weighted by atomic mass is 79.9. The Kier molecular flexibility index (Phi) is 14.5. The number of nitrogens with zero attached hydrogens (tertiary/aromatic N) is 3. The molecule has 0 saturated heterocycles. The normalized spacial score (nSPS) is 12.2. The van der Waals surface area contributed by atoms with Gasteiger partial charge in [-0.3, -0.25) is 4.79 Å². The average molecular weight is 828 g/mol. The average Bonchev–Trinajstić information content (AvgIpc) is 3.42. The first-order chi connectivity index (χ1) is 25.3. The van der Waals surface area contributed by atoms with Gasteiger partial charge in [-0.2, -0.15) is 23.7 Å². The van der Waals surface area contributed by atoms with Crippen LogP contribution in [-0.2, 0) is 27.2 Å². The van der Waals surface area contributed by atoms with Crippen LogP contribution in [0.3, 0.4) is 0 Å². The Labute approximate surface area is 324 Å². The molecule has 5 aromatic rings. The molecule has 2 atom stereocenters. The number of hydrogen-bond acceptors (Lipinski definition) is 6. The quantitative estimate of drug-likeness (QED) is 0.123. The van der Waals surface area contributed by atoms with E-state index in [0.717, 1.165) is 10.1 Å². The van der Waals surface area contributed by atoms with Crippen molar-refractivity contribution in [2.45, 2.75) is 45.7 Å². The number of carbonyl (C=O) groups is 1. The highest BCUT2D eigenvalue weighted by Crippen LogP contribution is 2.43. The van der Waals surface area contributed by atoms with Crippen molar-refractivity contribution in [1.29, 1.82) is 10.5 Å². The van der Waals surface area contributed by atoms with E-state index >= 15 is 0 Å². The van der Waals surface area contributed by atoms with Crippen LogP contribution in [0.5, 0.6) is 11.5 Å². The van der Waals surface area contributed by atoms with Gasteiger partial charge in [0.15, 0.2) is 0 Å². The number of aromatic nitrogens is 1. The van der Waals surface area contributed by atoms with Crippen molar-refractivity contribution >= 4 is 45.1 Å². The zero-order chi connectivity index (χ0) is 38.7. The van der Waals surface area contributed by atoms with E-state index in [1.54, 1.807) is 67.6 Å². The lowest BCUT2D eigenvalue weighted by Crippen LogP contribution is -2.22. The second-order valence-electron chi connectivity index (χ2n) is 11.8. The van der Waals surface area contributed by atoms with Crippen molar-refractivity contribution in [3.8, 4) is 34.9 Å². The number of hydrogen-bond donors (Lipinski definition) is 0. The largest absolute Gasteiger partial charge is 0.457 e. The SMILES string of the molecule is CC(C)[C@H](C(=O)O[C@H](C#N)c1cccc(Oc2ccccc2)c1)c1ccc(Cl)cc1.CCOCn1c(-c2ccc(Cl)cc2)c(C#N)c(Br)c1C(F)(F)F. The van der Waals surface area contributed by atoms with Crippen LogP contribution in [0.2, 0.25) is 10.0 Å². The number of benzene rings is 4. The van der Waals surface area contributed by atoms with Crippen LogP contribution in [0, 0.1) is 28.6 Å². The maximum Gasteiger partial charge on any atom is 0.432 e. The summed E-state index contributed by atoms with van der Waals surface area (Å²) in [6.45, 7) is 5.49. The van der Waals surface area contributed by atoms with Gasteiger partial charge in [0.2, 0.25) is 6.10 Å². The summed E-state index contributed by atoms with van der Waals surface area (Å²) in [6, 6.07) is 33.6. The maximum atomic E-state index is 13.4. The fourth-order valence-electron chi connectivity index (χ4n) is 5.37. The Bertz CT molecular complexity index is 2080. The first-order valence-corrected chi connectivity index (χ1v) is 17.7. The Hall–Kier alpha value is -4.78. The van der Waals surface area contributed by atoms with Crippen LogP contribution in [0.4, 0.5) is 13.2 Å². The third-order valence-corrected chi connectivity index (χ3v) is 9.04. The van der Waals surface area contributed by atoms with Gasteiger partial charge in [-0.1, -0.05) is 91.6 Å². The standard InChI is InChI=1S/C25H22ClNO3.C15H11BrClF3N2O/c1-17(2)24(18-11-13-20(26)14-12-18)25(28)30-23(16-27)19-7-6-10-22(15-19)29-21-8-4-3-5-9-21;1-2-23-8-22-13(9-3-5-10(17)6-4-9)11(7-21)12(16)14(22)15(18,19)20/h3-15,17,23-24H,1-2H3;3-6H,2,8H2,1H3/t23-,24+;/m1./s1. The first-order valence-electron chi connectivity index (χ1n) is 16.2. The van der Waals surface area contributed by atoms with E-state index < -0.39 is 29.9 Å². The smallest absolute Gasteiger partial charge is 0.432 e. The van der Waals surface area contributed by atoms with Gasteiger partial charge in [-0.05, 0) is 88.4 Å². The predicted octanol–water partition coefficient (Wildman–Crippen LogP) is 12.1. The molecule has 0 aliphatic heterocycles. The van der Waals surface area contributed by atoms with Crippen molar-refractivity contribution in [1.82, 2.24) is 4.57 Å². The molecular weight excluding hydrogens is 794 g/mol. The highest BCUT2D eigenvalue weighted by Gasteiger charge is 2.41. The molecular formula is C40H33BrCl2F3N3O4. The molecule has 0 aliphatic carbocycles. The molecule has 0 radical (unpaired) electrons. The molecule has 0 bridgehead atoms. The third kappa shape index (κ3) is 10.6. The molecule has 0 saturated carbocycles. The van der Waals surface area contributed by atoms with Gasteiger partial charge in [0.05, 0.1) is 21.6 Å². The molecule has 1 heterocycles. The molecule has 4 aromatic carbocycles. The molecule has 5 rings (SSSR count). The van der Waals surface area contributed by atoms with E-state index in [9.17, 15) is 28.5 Å². The topological polar surface area (TPSA) is 97.3 Å². The van der Waals surface area contributed by atoms with Crippen LogP contribution < -0.4 is 4.74 Å². The van der Waals surface area contributed by atoms with Crippen LogP contribution in [0.15, 0.2) is 108 Å². The summed E-state index contributed by atoms with van der Waals surface area (Å²) < 4.78 is 57.5. The monoisotopic (exact) mass is 825 g/mol. The summed E-state index contributed by atoms with van der Waals surface area (Å²) in [4.78, 5) is 13.0. The minimum atomic E-state index is -4.63. The molecule has 7 nitrogen and oxygen atoms in total. The van der Waals surface area contributed by atoms with Crippen molar-refractivity contribution in [3.05, 3.63) is 140 Å². The van der Waals surface area contributed by atoms with Gasteiger partial charge in [0.25, 0.3) is 0 Å². The molecule has 0 spiro atoms. The molecule has 274 valence electrons. The molecule has 0 aliphatic rings. The van der Waals surface area contributed by atoms with Crippen molar-refractivity contribution < 1.29 is 32.2 Å². The molecule has 1 aromatic heterocycles. The lowest BCUT2D eigenvalue weighted by molar-refractivity contribution is -0.150. The fraction of sp³-hybridized carbons (Fsp3) is 0.225. The lowest BCUT2D eigenvalue weighted by atomic mass is 9.88. The van der Waals surface area contributed by atoms with Gasteiger partial charge in [-0.15, -0.1) is 0 Å². The zero-order valence-electron chi connectivity index (χ0n) is 28.7. The third-order valence-electron chi connectivity index (χ3n) is 7.77. The van der Waals surface area contributed by atoms with Gasteiger partial charge < -0.3 is 18.8 Å². The minimum absolute atomic E-state index is 0.00855. The van der Waals surface area contributed by atoms with Crippen LogP contribution in [-0.4, -0.2) is 17.1 Å². The molecule has 53 heavy (non-hydrogen) atoms. The van der Waals surface area contributed by atoms with E-state index in [1.807, 2.05) is 62.4 Å². The van der Waals surface area contributed by atoms with Gasteiger partial charge >= 0.3 is 12.1 Å². The number of para-hydroxylation sites is 1. The Balaban J connectivity index is 0.000000245. The van der Waals surface area contributed by atoms with Crippen molar-refractivity contribution in [3.63, 3.8) is 0 Å². The molecule has 13 heteroatoms. The van der Waals surface area contributed by atoms with E-state index in [-0.39, 0.29) is 35.0 Å². The molecule has 0 N–H and O–H groups in total. The van der Waals surface area contributed by atoms with E-state index in [1.165, 1.54) is 0 Å². The summed E-state index contributed by atoms with van der Waals surface area (Å²) in [5.74, 6) is 0.289. The Morgan fingerprint density at radius 1 is 0.868 bits per heavy atom. The predicted molar refractivity (Wildman–Crippen MR) is 200 cm³/mol. The highest BCUT2D eigenvalue weighted by molar-refractivity contribution is 9.10. The van der Waals surface area contributed by atoms with Crippen molar-refractivity contribution in [2.24, 2.45) is 5.92 Å². The molecule has 0 amide bonds. The number of alkyl halides is 3. The number of rotatable bonds is 11. The Morgan fingerprint density at radius 2 is 1.47 bits per heavy atom. The zero-order valence-corrected chi connectivity index (χ0v) is 31.8. The molecule has 0 fully saturated rings. The number of nitriles is 2. The van der Waals surface area contributed by atoms with E-state index in [2.05, 4.69) is 22.0 Å². The number of esters is 1. The number of ether oxygens (including phenoxy) is 3. The maximum absolute atomic E-state index is 13.4. The lowest BCUT2D eigenvalue weighted by Gasteiger charge is -2.22. The minimum Gasteiger partial charge on any atom is -0.457 e. The molecule has 0 unspecified atom stereocenters. The number of halogens is 6. The van der Waals surface area contributed by atoms with E-state index in [0.29, 0.717) is 32.7 Å². The second kappa shape index (κ2) is 18.8. The first kappa shape index (κ1) is 41.0. The summed E-state index contributed by atoms with van der Waals surface area (Å²) in [7, 11) is 0. The van der Waals surface area contributed by atoms with Gasteiger partial charge in [0.1, 0.15) is 36.1 Å². The fourth-order valence-corrected chi connectivity index (χ4v) is 6.34. The number of carbonyl (C=O) groups excluding carboxylic acids is 1. The summed E-state index contributed by atoms with van der Waals surface area (Å²) in [6.07, 6.45) is -5.67. The van der Waals surface area contributed by atoms with Gasteiger partial charge in [-0.25, -0.2) is 0 Å². The van der Waals surface area contributed by atoms with Crippen molar-refractivity contribution in [2.75, 3.05) is 6.61 Å². The van der Waals surface area contributed by atoms with Crippen LogP contribution >= 0.6 is 39.1 Å². The van der Waals surface area contributed by atoms with Gasteiger partial charge in [0, 0.05) is 22.2 Å².